The number of thioether (sulfide) groups is 1. The third kappa shape index (κ3) is 4.54. The first-order valence-corrected chi connectivity index (χ1v) is 6.83. The molecule has 0 aromatic carbocycles. The molecule has 1 rings (SSSR count). The largest absolute Gasteiger partial charge is 0.313 e. The lowest BCUT2D eigenvalue weighted by atomic mass is 10.2. The first-order chi connectivity index (χ1) is 7.63. The van der Waals surface area contributed by atoms with Gasteiger partial charge in [0.1, 0.15) is 0 Å². The molecule has 0 amide bonds. The lowest BCUT2D eigenvalue weighted by Crippen LogP contribution is -2.12. The van der Waals surface area contributed by atoms with E-state index in [9.17, 15) is 0 Å². The Kier molecular flexibility index (Phi) is 5.85. The predicted molar refractivity (Wildman–Crippen MR) is 71.8 cm³/mol. The van der Waals surface area contributed by atoms with Crippen LogP contribution in [0.3, 0.4) is 0 Å². The molecule has 0 saturated carbocycles. The molecule has 1 heterocycles. The average Bonchev–Trinajstić information content (AvgIpc) is 2.28. The van der Waals surface area contributed by atoms with E-state index in [0.29, 0.717) is 11.2 Å². The minimum Gasteiger partial charge on any atom is -0.313 e. The fourth-order valence-electron chi connectivity index (χ4n) is 1.18. The predicted octanol–water partition coefficient (Wildman–Crippen LogP) is 3.33. The van der Waals surface area contributed by atoms with E-state index in [2.05, 4.69) is 50.1 Å². The van der Waals surface area contributed by atoms with E-state index < -0.39 is 0 Å². The van der Waals surface area contributed by atoms with Crippen LogP contribution < -0.4 is 5.32 Å². The summed E-state index contributed by atoms with van der Waals surface area (Å²) in [5.41, 5.74) is 1.25. The van der Waals surface area contributed by atoms with Crippen LogP contribution in [0.15, 0.2) is 23.4 Å². The highest BCUT2D eigenvalue weighted by molar-refractivity contribution is 7.99. The second kappa shape index (κ2) is 6.92. The second-order valence-corrected chi connectivity index (χ2v) is 5.75. The summed E-state index contributed by atoms with van der Waals surface area (Å²) in [7, 11) is 0. The van der Waals surface area contributed by atoms with Crippen molar-refractivity contribution < 1.29 is 0 Å². The maximum Gasteiger partial charge on any atom is 0.0962 e. The number of hydrogen-bond donors (Lipinski definition) is 1. The lowest BCUT2D eigenvalue weighted by molar-refractivity contribution is 0.641. The van der Waals surface area contributed by atoms with Crippen LogP contribution in [0.5, 0.6) is 0 Å². The van der Waals surface area contributed by atoms with Gasteiger partial charge in [0.15, 0.2) is 0 Å². The maximum atomic E-state index is 4.48. The molecule has 0 bridgehead atoms. The summed E-state index contributed by atoms with van der Waals surface area (Å²) >= 11 is 1.85. The van der Waals surface area contributed by atoms with E-state index >= 15 is 0 Å². The van der Waals surface area contributed by atoms with Crippen molar-refractivity contribution in [2.24, 2.45) is 5.92 Å². The molecule has 1 aromatic rings. The molecule has 1 N–H and O–H groups in total. The molecule has 2 nitrogen and oxygen atoms in total. The molecule has 0 saturated heterocycles. The summed E-state index contributed by atoms with van der Waals surface area (Å²) in [6, 6.07) is 4.28. The monoisotopic (exact) mass is 238 g/mol. The van der Waals surface area contributed by atoms with Gasteiger partial charge in [0.25, 0.3) is 0 Å². The number of pyridine rings is 1. The minimum absolute atomic E-state index is 0.618. The highest BCUT2D eigenvalue weighted by Crippen LogP contribution is 2.25. The Bertz CT molecular complexity index is 295. The van der Waals surface area contributed by atoms with Gasteiger partial charge in [-0.2, -0.15) is 0 Å². The zero-order valence-corrected chi connectivity index (χ0v) is 11.5. The summed E-state index contributed by atoms with van der Waals surface area (Å²) in [6.07, 6.45) is 1.97. The normalized spacial score (nSPS) is 13.1. The fraction of sp³-hybridized carbons (Fsp3) is 0.615. The second-order valence-electron chi connectivity index (χ2n) is 4.35. The molecule has 0 radical (unpaired) electrons. The number of rotatable bonds is 6. The molecular formula is C13H22N2S. The van der Waals surface area contributed by atoms with Gasteiger partial charge in [-0.05, 0) is 24.1 Å². The molecule has 1 unspecified atom stereocenters. The van der Waals surface area contributed by atoms with Crippen molar-refractivity contribution in [1.82, 2.24) is 10.3 Å². The standard InChI is InChI=1S/C13H22N2S/c1-5-14-8-12-6-7-13(15-9-12)16-11(4)10(2)3/h6-7,9-11,14H,5,8H2,1-4H3. The van der Waals surface area contributed by atoms with Crippen molar-refractivity contribution in [2.75, 3.05) is 6.54 Å². The van der Waals surface area contributed by atoms with Crippen molar-refractivity contribution in [3.63, 3.8) is 0 Å². The topological polar surface area (TPSA) is 24.9 Å². The van der Waals surface area contributed by atoms with Gasteiger partial charge >= 0.3 is 0 Å². The van der Waals surface area contributed by atoms with Crippen molar-refractivity contribution in [3.05, 3.63) is 23.9 Å². The quantitative estimate of drug-likeness (QED) is 0.770. The van der Waals surface area contributed by atoms with E-state index in [1.54, 1.807) is 0 Å². The molecule has 0 aliphatic carbocycles. The highest BCUT2D eigenvalue weighted by Gasteiger charge is 2.09. The first kappa shape index (κ1) is 13.5. The van der Waals surface area contributed by atoms with E-state index in [0.717, 1.165) is 18.1 Å². The molecule has 0 spiro atoms. The van der Waals surface area contributed by atoms with Crippen LogP contribution in [0.25, 0.3) is 0 Å². The van der Waals surface area contributed by atoms with E-state index in [1.165, 1.54) is 5.56 Å². The Balaban J connectivity index is 2.51. The summed E-state index contributed by atoms with van der Waals surface area (Å²) in [6.45, 7) is 10.8. The van der Waals surface area contributed by atoms with Crippen LogP contribution in [0, 0.1) is 5.92 Å². The van der Waals surface area contributed by atoms with Gasteiger partial charge < -0.3 is 5.32 Å². The average molecular weight is 238 g/mol. The lowest BCUT2D eigenvalue weighted by Gasteiger charge is -2.14. The fourth-order valence-corrected chi connectivity index (χ4v) is 2.09. The Hall–Kier alpha value is -0.540. The van der Waals surface area contributed by atoms with Gasteiger partial charge in [-0.15, -0.1) is 11.8 Å². The molecule has 0 aliphatic heterocycles. The smallest absolute Gasteiger partial charge is 0.0962 e. The van der Waals surface area contributed by atoms with Gasteiger partial charge in [-0.25, -0.2) is 4.98 Å². The molecule has 0 aliphatic rings. The third-order valence-corrected chi connectivity index (χ3v) is 4.02. The van der Waals surface area contributed by atoms with Crippen molar-refractivity contribution in [2.45, 2.75) is 44.5 Å². The molecular weight excluding hydrogens is 216 g/mol. The Morgan fingerprint density at radius 1 is 1.31 bits per heavy atom. The molecule has 16 heavy (non-hydrogen) atoms. The van der Waals surface area contributed by atoms with Crippen LogP contribution in [0.1, 0.15) is 33.3 Å². The van der Waals surface area contributed by atoms with Crippen molar-refractivity contribution in [3.8, 4) is 0 Å². The van der Waals surface area contributed by atoms with Gasteiger partial charge in [0.05, 0.1) is 5.03 Å². The Morgan fingerprint density at radius 2 is 2.06 bits per heavy atom. The summed E-state index contributed by atoms with van der Waals surface area (Å²) in [4.78, 5) is 4.48. The van der Waals surface area contributed by atoms with Crippen LogP contribution in [-0.2, 0) is 6.54 Å². The van der Waals surface area contributed by atoms with E-state index in [-0.39, 0.29) is 0 Å². The number of hydrogen-bond acceptors (Lipinski definition) is 3. The number of nitrogens with one attached hydrogen (secondary N) is 1. The van der Waals surface area contributed by atoms with Crippen LogP contribution >= 0.6 is 11.8 Å². The summed E-state index contributed by atoms with van der Waals surface area (Å²) in [5, 5.41) is 5.04. The van der Waals surface area contributed by atoms with Crippen LogP contribution in [0.2, 0.25) is 0 Å². The molecule has 3 heteroatoms. The molecule has 1 atom stereocenters. The van der Waals surface area contributed by atoms with Gasteiger partial charge in [-0.1, -0.05) is 33.8 Å². The highest BCUT2D eigenvalue weighted by atomic mass is 32.2. The zero-order valence-electron chi connectivity index (χ0n) is 10.7. The van der Waals surface area contributed by atoms with Crippen LogP contribution in [0.4, 0.5) is 0 Å². The Morgan fingerprint density at radius 3 is 2.56 bits per heavy atom. The first-order valence-electron chi connectivity index (χ1n) is 5.95. The van der Waals surface area contributed by atoms with Crippen molar-refractivity contribution in [1.29, 1.82) is 0 Å². The summed E-state index contributed by atoms with van der Waals surface area (Å²) < 4.78 is 0. The van der Waals surface area contributed by atoms with Gasteiger partial charge in [-0.3, -0.25) is 0 Å². The summed E-state index contributed by atoms with van der Waals surface area (Å²) in [5.74, 6) is 0.688. The van der Waals surface area contributed by atoms with Gasteiger partial charge in [0.2, 0.25) is 0 Å². The molecule has 90 valence electrons. The number of nitrogens with zero attached hydrogens (tertiary/aromatic N) is 1. The van der Waals surface area contributed by atoms with E-state index in [1.807, 2.05) is 18.0 Å². The van der Waals surface area contributed by atoms with Gasteiger partial charge in [0, 0.05) is 18.0 Å². The van der Waals surface area contributed by atoms with Crippen molar-refractivity contribution >= 4 is 11.8 Å². The SMILES string of the molecule is CCNCc1ccc(SC(C)C(C)C)nc1. The number of aromatic nitrogens is 1. The van der Waals surface area contributed by atoms with E-state index in [4.69, 9.17) is 0 Å². The zero-order chi connectivity index (χ0) is 12.0. The minimum atomic E-state index is 0.618. The third-order valence-electron chi connectivity index (χ3n) is 2.62. The van der Waals surface area contributed by atoms with Crippen LogP contribution in [-0.4, -0.2) is 16.8 Å². The maximum absolute atomic E-state index is 4.48. The Labute approximate surface area is 103 Å². The molecule has 1 aromatic heterocycles. The molecule has 0 fully saturated rings.